The van der Waals surface area contributed by atoms with Crippen LogP contribution in [-0.4, -0.2) is 44.0 Å². The number of carbonyl (C=O) groups is 1. The van der Waals surface area contributed by atoms with Crippen LogP contribution in [-0.2, 0) is 19.0 Å². The largest absolute Gasteiger partial charge is 0.372 e. The van der Waals surface area contributed by atoms with Crippen LogP contribution in [0.4, 0.5) is 0 Å². The first-order chi connectivity index (χ1) is 7.26. The molecular formula is C10H15O4P. The average Bonchev–Trinajstić information content (AvgIpc) is 2.29. The first-order valence-electron chi connectivity index (χ1n) is 5.06. The second-order valence-electron chi connectivity index (χ2n) is 3.95. The molecule has 2 aliphatic rings. The van der Waals surface area contributed by atoms with Gasteiger partial charge in [0.25, 0.3) is 0 Å². The van der Waals surface area contributed by atoms with Crippen molar-refractivity contribution in [1.82, 2.24) is 0 Å². The van der Waals surface area contributed by atoms with Gasteiger partial charge in [-0.3, -0.25) is 0 Å². The maximum Gasteiger partial charge on any atom is 0.200 e. The van der Waals surface area contributed by atoms with Crippen molar-refractivity contribution in [3.63, 3.8) is 0 Å². The van der Waals surface area contributed by atoms with Gasteiger partial charge in [-0.15, -0.1) is 0 Å². The number of ether oxygens (including phenoxy) is 3. The fraction of sp³-hybridized carbons (Fsp3) is 0.800. The smallest absolute Gasteiger partial charge is 0.200 e. The highest BCUT2D eigenvalue weighted by molar-refractivity contribution is 7.36. The number of aldehydes is 1. The van der Waals surface area contributed by atoms with E-state index in [1.54, 1.807) is 0 Å². The number of hydrogen-bond acceptors (Lipinski definition) is 4. The van der Waals surface area contributed by atoms with Gasteiger partial charge in [0.1, 0.15) is 12.4 Å². The third-order valence-corrected chi connectivity index (χ3v) is 3.63. The number of rotatable bonds is 2. The lowest BCUT2D eigenvalue weighted by molar-refractivity contribution is -0.262. The highest BCUT2D eigenvalue weighted by Crippen LogP contribution is 2.33. The fourth-order valence-electron chi connectivity index (χ4n) is 2.03. The Kier molecular flexibility index (Phi) is 3.52. The van der Waals surface area contributed by atoms with Gasteiger partial charge in [-0.25, -0.2) is 0 Å². The maximum atomic E-state index is 10.8. The van der Waals surface area contributed by atoms with Gasteiger partial charge in [-0.05, 0) is 14.1 Å². The Morgan fingerprint density at radius 2 is 2.20 bits per heavy atom. The van der Waals surface area contributed by atoms with Crippen molar-refractivity contribution in [1.29, 1.82) is 0 Å². The van der Waals surface area contributed by atoms with Crippen LogP contribution in [0.15, 0.2) is 0 Å². The Balaban J connectivity index is 2.06. The van der Waals surface area contributed by atoms with E-state index in [9.17, 15) is 4.79 Å². The van der Waals surface area contributed by atoms with Gasteiger partial charge in [0.2, 0.25) is 0 Å². The summed E-state index contributed by atoms with van der Waals surface area (Å²) in [5, 5.41) is 0. The third kappa shape index (κ3) is 2.13. The zero-order valence-electron chi connectivity index (χ0n) is 8.67. The topological polar surface area (TPSA) is 44.8 Å². The van der Waals surface area contributed by atoms with Gasteiger partial charge in [0, 0.05) is 5.92 Å². The minimum atomic E-state index is -0.275. The lowest BCUT2D eigenvalue weighted by Gasteiger charge is -2.43. The average molecular weight is 230 g/mol. The van der Waals surface area contributed by atoms with Gasteiger partial charge >= 0.3 is 0 Å². The molecule has 84 valence electrons. The van der Waals surface area contributed by atoms with Crippen molar-refractivity contribution in [2.75, 3.05) is 13.2 Å². The Morgan fingerprint density at radius 1 is 1.40 bits per heavy atom. The molecule has 0 bridgehead atoms. The summed E-state index contributed by atoms with van der Waals surface area (Å²) in [6, 6.07) is -0.275. The molecule has 0 aliphatic carbocycles. The molecule has 2 rings (SSSR count). The first-order valence-corrected chi connectivity index (χ1v) is 6.21. The van der Waals surface area contributed by atoms with E-state index >= 15 is 0 Å². The molecule has 2 aliphatic heterocycles. The van der Waals surface area contributed by atoms with Crippen molar-refractivity contribution in [3.05, 3.63) is 0 Å². The van der Waals surface area contributed by atoms with Crippen LogP contribution in [0.1, 0.15) is 6.92 Å². The molecule has 0 radical (unpaired) electrons. The molecule has 0 spiro atoms. The molecule has 0 N–H and O–H groups in total. The van der Waals surface area contributed by atoms with Crippen LogP contribution in [0.2, 0.25) is 0 Å². The standard InChI is InChI=1S/C10H15O4P/c1-6-7(3-11)4-12-8-5-13-10(15-2)14-9(6)8/h3,6-10H,2,4-5H2,1H3. The molecule has 5 atom stereocenters. The van der Waals surface area contributed by atoms with Crippen LogP contribution < -0.4 is 0 Å². The lowest BCUT2D eigenvalue weighted by atomic mass is 9.85. The Morgan fingerprint density at radius 3 is 2.87 bits per heavy atom. The van der Waals surface area contributed by atoms with Crippen molar-refractivity contribution in [3.8, 4) is 0 Å². The van der Waals surface area contributed by atoms with E-state index in [1.807, 2.05) is 6.92 Å². The molecule has 15 heavy (non-hydrogen) atoms. The monoisotopic (exact) mass is 230 g/mol. The van der Waals surface area contributed by atoms with Crippen LogP contribution in [0.25, 0.3) is 0 Å². The Hall–Kier alpha value is -0.280. The summed E-state index contributed by atoms with van der Waals surface area (Å²) in [7, 11) is 0.815. The van der Waals surface area contributed by atoms with Crippen molar-refractivity contribution < 1.29 is 19.0 Å². The van der Waals surface area contributed by atoms with E-state index in [2.05, 4.69) is 6.30 Å². The summed E-state index contributed by atoms with van der Waals surface area (Å²) >= 11 is 0. The second kappa shape index (κ2) is 4.71. The van der Waals surface area contributed by atoms with Gasteiger partial charge in [-0.1, -0.05) is 13.2 Å². The van der Waals surface area contributed by atoms with Crippen LogP contribution >= 0.6 is 8.20 Å². The maximum absolute atomic E-state index is 10.8. The van der Waals surface area contributed by atoms with E-state index in [4.69, 9.17) is 14.2 Å². The molecule has 0 saturated carbocycles. The number of fused-ring (bicyclic) bond motifs is 1. The van der Waals surface area contributed by atoms with Gasteiger partial charge in [0.15, 0.2) is 6.03 Å². The highest BCUT2D eigenvalue weighted by Gasteiger charge is 2.42. The van der Waals surface area contributed by atoms with Gasteiger partial charge in [-0.2, -0.15) is 0 Å². The second-order valence-corrected chi connectivity index (χ2v) is 4.74. The fourth-order valence-corrected chi connectivity index (χ4v) is 2.45. The summed E-state index contributed by atoms with van der Waals surface area (Å²) in [6.45, 7) is 3.04. The molecule has 0 aromatic heterocycles. The molecule has 2 heterocycles. The van der Waals surface area contributed by atoms with Gasteiger partial charge in [0.05, 0.1) is 19.3 Å². The Bertz CT molecular complexity index is 256. The van der Waals surface area contributed by atoms with Gasteiger partial charge < -0.3 is 19.0 Å². The summed E-state index contributed by atoms with van der Waals surface area (Å²) in [4.78, 5) is 10.8. The first kappa shape index (κ1) is 11.2. The molecule has 0 aromatic rings. The van der Waals surface area contributed by atoms with E-state index in [0.717, 1.165) is 14.5 Å². The SMILES string of the molecule is C=PC1OCC2OCC(C=O)C(C)C2O1. The quantitative estimate of drug-likeness (QED) is 0.522. The van der Waals surface area contributed by atoms with Crippen LogP contribution in [0.3, 0.4) is 0 Å². The van der Waals surface area contributed by atoms with Crippen LogP contribution in [0, 0.1) is 11.8 Å². The number of carbonyl (C=O) groups excluding carboxylic acids is 1. The molecule has 2 saturated heterocycles. The molecule has 0 aromatic carbocycles. The van der Waals surface area contributed by atoms with E-state index < -0.39 is 0 Å². The molecular weight excluding hydrogens is 215 g/mol. The van der Waals surface area contributed by atoms with E-state index in [-0.39, 0.29) is 30.1 Å². The lowest BCUT2D eigenvalue weighted by Crippen LogP contribution is -2.53. The van der Waals surface area contributed by atoms with E-state index in [0.29, 0.717) is 13.2 Å². The Labute approximate surface area is 90.7 Å². The minimum absolute atomic E-state index is 0.0331. The number of hydrogen-bond donors (Lipinski definition) is 0. The zero-order chi connectivity index (χ0) is 10.8. The predicted octanol–water partition coefficient (Wildman–Crippen LogP) is 0.914. The minimum Gasteiger partial charge on any atom is -0.372 e. The van der Waals surface area contributed by atoms with Crippen molar-refractivity contribution in [2.45, 2.75) is 25.2 Å². The van der Waals surface area contributed by atoms with Crippen molar-refractivity contribution >= 4 is 20.8 Å². The van der Waals surface area contributed by atoms with Crippen LogP contribution in [0.5, 0.6) is 0 Å². The normalized spacial score (nSPS) is 46.1. The third-order valence-electron chi connectivity index (χ3n) is 3.06. The molecule has 0 amide bonds. The zero-order valence-corrected chi connectivity index (χ0v) is 9.56. The molecule has 4 nitrogen and oxygen atoms in total. The summed E-state index contributed by atoms with van der Waals surface area (Å²) < 4.78 is 16.7. The van der Waals surface area contributed by atoms with E-state index in [1.165, 1.54) is 0 Å². The molecule has 5 unspecified atom stereocenters. The summed E-state index contributed by atoms with van der Waals surface area (Å²) in [5.41, 5.74) is 0. The summed E-state index contributed by atoms with van der Waals surface area (Å²) in [6.07, 6.45) is 4.61. The predicted molar refractivity (Wildman–Crippen MR) is 57.1 cm³/mol. The summed E-state index contributed by atoms with van der Waals surface area (Å²) in [5.74, 6) is 0.126. The highest BCUT2D eigenvalue weighted by atomic mass is 31.1. The molecule has 5 heteroatoms. The molecule has 2 fully saturated rings. The van der Waals surface area contributed by atoms with Crippen molar-refractivity contribution in [2.24, 2.45) is 11.8 Å².